The molecule has 0 atom stereocenters. The average Bonchev–Trinajstić information content (AvgIpc) is 2.61. The molecular weight excluding hydrogens is 247 g/mol. The van der Waals surface area contributed by atoms with Crippen molar-refractivity contribution in [1.29, 1.82) is 5.26 Å². The fraction of sp³-hybridized carbons (Fsp3) is 0. The first-order chi connectivity index (χ1) is 7.22. The lowest BCUT2D eigenvalue weighted by Gasteiger charge is -1.99. The van der Waals surface area contributed by atoms with E-state index in [1.165, 1.54) is 23.5 Å². The third-order valence-electron chi connectivity index (χ3n) is 2.09. The molecule has 0 bridgehead atoms. The number of hydrogen-bond donors (Lipinski definition) is 1. The van der Waals surface area contributed by atoms with Gasteiger partial charge in [0.05, 0.1) is 5.69 Å². The van der Waals surface area contributed by atoms with Crippen molar-refractivity contribution < 1.29 is 4.39 Å². The molecule has 0 aliphatic carbocycles. The fourth-order valence-electron chi connectivity index (χ4n) is 1.31. The molecule has 1 heterocycles. The Morgan fingerprint density at radius 3 is 2.38 bits per heavy atom. The second-order valence-corrected chi connectivity index (χ2v) is 3.89. The zero-order chi connectivity index (χ0) is 10.8. The average molecular weight is 255 g/mol. The van der Waals surface area contributed by atoms with Gasteiger partial charge in [-0.3, -0.25) is 0 Å². The maximum atomic E-state index is 12.7. The second-order valence-electron chi connectivity index (χ2n) is 3.01. The topological polar surface area (TPSA) is 49.8 Å². The summed E-state index contributed by atoms with van der Waals surface area (Å²) in [7, 11) is 0. The highest BCUT2D eigenvalue weighted by molar-refractivity contribution is 7.11. The van der Waals surface area contributed by atoms with Gasteiger partial charge >= 0.3 is 0 Å². The van der Waals surface area contributed by atoms with Crippen LogP contribution in [0.25, 0.3) is 11.1 Å². The predicted molar refractivity (Wildman–Crippen MR) is 66.1 cm³/mol. The minimum absolute atomic E-state index is 0. The van der Waals surface area contributed by atoms with Crippen LogP contribution in [0.2, 0.25) is 0 Å². The molecule has 0 saturated heterocycles. The van der Waals surface area contributed by atoms with Gasteiger partial charge in [-0.15, -0.1) is 23.7 Å². The number of halogens is 2. The number of benzene rings is 1. The zero-order valence-electron chi connectivity index (χ0n) is 8.11. The smallest absolute Gasteiger partial charge is 0.128 e. The minimum Gasteiger partial charge on any atom is -0.396 e. The standard InChI is InChI=1S/C11H7FN2S.ClH/c12-8-3-1-7(2-4-8)9-6-15-10(5-13)11(9)14;/h1-4,6H,14H2;1H. The molecular formula is C11H8ClFN2S. The van der Waals surface area contributed by atoms with Crippen molar-refractivity contribution in [2.45, 2.75) is 0 Å². The predicted octanol–water partition coefficient (Wildman–Crippen LogP) is 3.43. The molecule has 0 radical (unpaired) electrons. The maximum Gasteiger partial charge on any atom is 0.128 e. The van der Waals surface area contributed by atoms with E-state index in [1.54, 1.807) is 17.5 Å². The van der Waals surface area contributed by atoms with Gasteiger partial charge < -0.3 is 5.73 Å². The van der Waals surface area contributed by atoms with Crippen LogP contribution >= 0.6 is 23.7 Å². The van der Waals surface area contributed by atoms with Crippen molar-refractivity contribution in [2.24, 2.45) is 0 Å². The summed E-state index contributed by atoms with van der Waals surface area (Å²) in [5.41, 5.74) is 7.86. The first-order valence-electron chi connectivity index (χ1n) is 4.25. The fourth-order valence-corrected chi connectivity index (χ4v) is 2.10. The molecule has 0 spiro atoms. The van der Waals surface area contributed by atoms with Gasteiger partial charge in [0.15, 0.2) is 0 Å². The highest BCUT2D eigenvalue weighted by Gasteiger charge is 2.09. The molecule has 82 valence electrons. The van der Waals surface area contributed by atoms with Gasteiger partial charge in [-0.2, -0.15) is 5.26 Å². The molecule has 0 amide bonds. The number of nitrogens with two attached hydrogens (primary N) is 1. The monoisotopic (exact) mass is 254 g/mol. The van der Waals surface area contributed by atoms with Gasteiger partial charge in [-0.05, 0) is 17.7 Å². The summed E-state index contributed by atoms with van der Waals surface area (Å²) in [5, 5.41) is 10.5. The molecule has 1 aromatic carbocycles. The summed E-state index contributed by atoms with van der Waals surface area (Å²) in [4.78, 5) is 0.495. The number of hydrogen-bond acceptors (Lipinski definition) is 3. The largest absolute Gasteiger partial charge is 0.396 e. The lowest BCUT2D eigenvalue weighted by molar-refractivity contribution is 0.628. The number of nitrogen functional groups attached to an aromatic ring is 1. The first-order valence-corrected chi connectivity index (χ1v) is 5.13. The molecule has 0 aliphatic heterocycles. The van der Waals surface area contributed by atoms with E-state index in [2.05, 4.69) is 0 Å². The van der Waals surface area contributed by atoms with Crippen LogP contribution in [-0.2, 0) is 0 Å². The Balaban J connectivity index is 0.00000128. The SMILES string of the molecule is Cl.N#Cc1scc(-c2ccc(F)cc2)c1N. The van der Waals surface area contributed by atoms with Crippen LogP contribution in [0.15, 0.2) is 29.6 Å². The van der Waals surface area contributed by atoms with Crippen molar-refractivity contribution in [3.05, 3.63) is 40.3 Å². The molecule has 2 rings (SSSR count). The Labute approximate surface area is 103 Å². The van der Waals surface area contributed by atoms with Gasteiger partial charge in [-0.25, -0.2) is 4.39 Å². The van der Waals surface area contributed by atoms with Crippen LogP contribution in [0.4, 0.5) is 10.1 Å². The van der Waals surface area contributed by atoms with E-state index in [0.717, 1.165) is 11.1 Å². The molecule has 0 saturated carbocycles. The third-order valence-corrected chi connectivity index (χ3v) is 2.99. The Bertz CT molecular complexity index is 528. The van der Waals surface area contributed by atoms with Crippen molar-refractivity contribution in [3.63, 3.8) is 0 Å². The highest BCUT2D eigenvalue weighted by Crippen LogP contribution is 2.33. The highest BCUT2D eigenvalue weighted by atomic mass is 35.5. The maximum absolute atomic E-state index is 12.7. The number of nitriles is 1. The number of thiophene rings is 1. The molecule has 0 fully saturated rings. The van der Waals surface area contributed by atoms with E-state index in [1.807, 2.05) is 6.07 Å². The van der Waals surface area contributed by atoms with E-state index >= 15 is 0 Å². The molecule has 16 heavy (non-hydrogen) atoms. The Morgan fingerprint density at radius 2 is 1.88 bits per heavy atom. The normalized spacial score (nSPS) is 9.25. The summed E-state index contributed by atoms with van der Waals surface area (Å²) < 4.78 is 12.7. The third kappa shape index (κ3) is 2.16. The number of nitrogens with zero attached hydrogens (tertiary/aromatic N) is 1. The zero-order valence-corrected chi connectivity index (χ0v) is 9.74. The quantitative estimate of drug-likeness (QED) is 0.848. The second kappa shape index (κ2) is 4.97. The summed E-state index contributed by atoms with van der Waals surface area (Å²) in [6.45, 7) is 0. The summed E-state index contributed by atoms with van der Waals surface area (Å²) in [5.74, 6) is -0.284. The first kappa shape index (κ1) is 12.5. The van der Waals surface area contributed by atoms with Crippen LogP contribution in [0.1, 0.15) is 4.88 Å². The molecule has 1 aromatic heterocycles. The van der Waals surface area contributed by atoms with Gasteiger partial charge in [-0.1, -0.05) is 12.1 Å². The van der Waals surface area contributed by atoms with Crippen LogP contribution in [-0.4, -0.2) is 0 Å². The van der Waals surface area contributed by atoms with E-state index in [9.17, 15) is 4.39 Å². The van der Waals surface area contributed by atoms with E-state index < -0.39 is 0 Å². The lowest BCUT2D eigenvalue weighted by atomic mass is 10.1. The minimum atomic E-state index is -0.284. The summed E-state index contributed by atoms with van der Waals surface area (Å²) in [6.07, 6.45) is 0. The van der Waals surface area contributed by atoms with Gasteiger partial charge in [0.2, 0.25) is 0 Å². The number of anilines is 1. The van der Waals surface area contributed by atoms with Crippen LogP contribution in [0.3, 0.4) is 0 Å². The van der Waals surface area contributed by atoms with Crippen molar-refractivity contribution >= 4 is 29.4 Å². The molecule has 2 N–H and O–H groups in total. The Kier molecular flexibility index (Phi) is 3.88. The number of rotatable bonds is 1. The van der Waals surface area contributed by atoms with E-state index in [4.69, 9.17) is 11.0 Å². The molecule has 2 nitrogen and oxygen atoms in total. The van der Waals surface area contributed by atoms with E-state index in [-0.39, 0.29) is 18.2 Å². The molecule has 0 aliphatic rings. The lowest BCUT2D eigenvalue weighted by Crippen LogP contribution is -1.88. The molecule has 0 unspecified atom stereocenters. The van der Waals surface area contributed by atoms with Crippen LogP contribution in [0, 0.1) is 17.1 Å². The summed E-state index contributed by atoms with van der Waals surface area (Å²) >= 11 is 1.30. The molecule has 5 heteroatoms. The summed E-state index contributed by atoms with van der Waals surface area (Å²) in [6, 6.07) is 8.06. The van der Waals surface area contributed by atoms with Crippen LogP contribution in [0.5, 0.6) is 0 Å². The van der Waals surface area contributed by atoms with Crippen LogP contribution < -0.4 is 5.73 Å². The van der Waals surface area contributed by atoms with Crippen molar-refractivity contribution in [1.82, 2.24) is 0 Å². The van der Waals surface area contributed by atoms with Gasteiger partial charge in [0, 0.05) is 10.9 Å². The van der Waals surface area contributed by atoms with Gasteiger partial charge in [0.1, 0.15) is 16.8 Å². The Hall–Kier alpha value is -1.57. The van der Waals surface area contributed by atoms with Crippen molar-refractivity contribution in [2.75, 3.05) is 5.73 Å². The Morgan fingerprint density at radius 1 is 1.25 bits per heavy atom. The molecule has 2 aromatic rings. The van der Waals surface area contributed by atoms with Gasteiger partial charge in [0.25, 0.3) is 0 Å². The van der Waals surface area contributed by atoms with Crippen molar-refractivity contribution in [3.8, 4) is 17.2 Å². The van der Waals surface area contributed by atoms with E-state index in [0.29, 0.717) is 10.6 Å².